The molecule has 0 aromatic carbocycles. The Morgan fingerprint density at radius 1 is 1.00 bits per heavy atom. The molecule has 4 rings (SSSR count). The summed E-state index contributed by atoms with van der Waals surface area (Å²) in [5.41, 5.74) is -0.295. The Bertz CT molecular complexity index is 835. The third-order valence-corrected chi connectivity index (χ3v) is 11.4. The third-order valence-electron chi connectivity index (χ3n) is 11.4. The van der Waals surface area contributed by atoms with Crippen molar-refractivity contribution in [3.05, 3.63) is 0 Å². The normalized spacial score (nSPS) is 46.6. The number of hydrogen-bond acceptors (Lipinski definition) is 6. The zero-order chi connectivity index (χ0) is 26.6. The first-order valence-electron chi connectivity index (χ1n) is 14.0. The van der Waals surface area contributed by atoms with E-state index in [2.05, 4.69) is 26.1 Å². The number of fused-ring (bicyclic) bond motifs is 5. The summed E-state index contributed by atoms with van der Waals surface area (Å²) in [5, 5.41) is 54.6. The van der Waals surface area contributed by atoms with Crippen LogP contribution in [0, 0.1) is 46.3 Å². The Balaban J connectivity index is 1.46. The largest absolute Gasteiger partial charge is 0.480 e. The lowest BCUT2D eigenvalue weighted by Crippen LogP contribution is -2.62. The summed E-state index contributed by atoms with van der Waals surface area (Å²) < 4.78 is 0. The molecule has 0 aromatic heterocycles. The maximum atomic E-state index is 12.4. The Morgan fingerprint density at radius 2 is 1.69 bits per heavy atom. The second-order valence-corrected chi connectivity index (χ2v) is 13.2. The number of aliphatic carboxylic acids is 1. The number of aliphatic hydroxyl groups is 4. The molecule has 1 amide bonds. The monoisotopic (exact) mass is 509 g/mol. The van der Waals surface area contributed by atoms with Crippen LogP contribution >= 0.6 is 0 Å². The van der Waals surface area contributed by atoms with E-state index in [9.17, 15) is 35.1 Å². The van der Waals surface area contributed by atoms with Gasteiger partial charge in [0.1, 0.15) is 0 Å². The average Bonchev–Trinajstić information content (AvgIpc) is 3.16. The Morgan fingerprint density at radius 3 is 2.33 bits per heavy atom. The van der Waals surface area contributed by atoms with Crippen molar-refractivity contribution in [2.45, 2.75) is 116 Å². The van der Waals surface area contributed by atoms with Crippen LogP contribution < -0.4 is 5.32 Å². The van der Waals surface area contributed by atoms with E-state index in [-0.39, 0.29) is 58.9 Å². The lowest BCUT2D eigenvalue weighted by atomic mass is 9.43. The van der Waals surface area contributed by atoms with Crippen LogP contribution in [-0.2, 0) is 9.59 Å². The number of carboxylic acid groups (broad SMARTS) is 1. The molecular weight excluding hydrogens is 462 g/mol. The van der Waals surface area contributed by atoms with Crippen molar-refractivity contribution in [2.75, 3.05) is 0 Å². The summed E-state index contributed by atoms with van der Waals surface area (Å²) in [5.74, 6) is -0.367. The van der Waals surface area contributed by atoms with Crippen LogP contribution in [0.4, 0.5) is 0 Å². The molecule has 36 heavy (non-hydrogen) atoms. The molecule has 206 valence electrons. The molecule has 0 saturated heterocycles. The van der Waals surface area contributed by atoms with Gasteiger partial charge in [-0.2, -0.15) is 0 Å². The number of aliphatic hydroxyl groups excluding tert-OH is 4. The summed E-state index contributed by atoms with van der Waals surface area (Å²) in [6.07, 6.45) is 4.18. The molecule has 0 heterocycles. The van der Waals surface area contributed by atoms with Gasteiger partial charge in [-0.25, -0.2) is 4.79 Å². The number of hydrogen-bond donors (Lipinski definition) is 6. The predicted molar refractivity (Wildman–Crippen MR) is 134 cm³/mol. The maximum absolute atomic E-state index is 12.4. The summed E-state index contributed by atoms with van der Waals surface area (Å²) in [6, 6.07) is -1.32. The van der Waals surface area contributed by atoms with Crippen LogP contribution in [-0.4, -0.2) is 67.9 Å². The minimum absolute atomic E-state index is 0.0394. The number of carbonyl (C=O) groups is 2. The third kappa shape index (κ3) is 4.61. The fourth-order valence-corrected chi connectivity index (χ4v) is 9.33. The topological polar surface area (TPSA) is 147 Å². The van der Waals surface area contributed by atoms with E-state index < -0.39 is 30.3 Å². The van der Waals surface area contributed by atoms with Crippen molar-refractivity contribution in [1.82, 2.24) is 5.32 Å². The van der Waals surface area contributed by atoms with Crippen molar-refractivity contribution in [1.29, 1.82) is 0 Å². The SMILES string of the molecule is CC(O)C(NC(=O)CCC(C)C1CCC2C3C(O)CC4CC(O)CCC4(C)C3CC(O)C12C)C(=O)O. The molecule has 0 bridgehead atoms. The van der Waals surface area contributed by atoms with Crippen molar-refractivity contribution in [2.24, 2.45) is 46.3 Å². The van der Waals surface area contributed by atoms with Gasteiger partial charge in [0.15, 0.2) is 6.04 Å². The van der Waals surface area contributed by atoms with E-state index in [1.807, 2.05) is 0 Å². The second kappa shape index (κ2) is 10.2. The smallest absolute Gasteiger partial charge is 0.328 e. The lowest BCUT2D eigenvalue weighted by molar-refractivity contribution is -0.207. The minimum Gasteiger partial charge on any atom is -0.480 e. The molecule has 0 spiro atoms. The van der Waals surface area contributed by atoms with Gasteiger partial charge in [0.05, 0.1) is 24.4 Å². The lowest BCUT2D eigenvalue weighted by Gasteiger charge is -2.63. The average molecular weight is 510 g/mol. The molecule has 13 atom stereocenters. The predicted octanol–water partition coefficient (Wildman–Crippen LogP) is 2.31. The molecular formula is C28H47NO7. The minimum atomic E-state index is -1.32. The standard InChI is InChI=1S/C28H47NO7/c1-14(5-8-23(34)29-25(15(2)30)26(35)36)18-6-7-19-24-20(13-22(33)28(18,19)4)27(3)10-9-17(31)11-16(27)12-21(24)32/h14-22,24-25,30-33H,5-13H2,1-4H3,(H,29,34)(H,35,36). The number of amides is 1. The Kier molecular flexibility index (Phi) is 7.84. The summed E-state index contributed by atoms with van der Waals surface area (Å²) >= 11 is 0. The number of carboxylic acids is 1. The van der Waals surface area contributed by atoms with Gasteiger partial charge in [-0.1, -0.05) is 20.8 Å². The van der Waals surface area contributed by atoms with Gasteiger partial charge in [-0.15, -0.1) is 0 Å². The Labute approximate surface area is 214 Å². The van der Waals surface area contributed by atoms with Crippen molar-refractivity contribution in [3.8, 4) is 0 Å². The molecule has 0 aromatic rings. The molecule has 0 radical (unpaired) electrons. The van der Waals surface area contributed by atoms with Gasteiger partial charge in [0.2, 0.25) is 5.91 Å². The highest BCUT2D eigenvalue weighted by atomic mass is 16.4. The molecule has 4 aliphatic carbocycles. The number of carbonyl (C=O) groups excluding carboxylic acids is 1. The van der Waals surface area contributed by atoms with Crippen LogP contribution in [0.15, 0.2) is 0 Å². The summed E-state index contributed by atoms with van der Waals surface area (Å²) in [7, 11) is 0. The van der Waals surface area contributed by atoms with Gasteiger partial charge in [0.25, 0.3) is 0 Å². The molecule has 4 saturated carbocycles. The van der Waals surface area contributed by atoms with E-state index in [1.165, 1.54) is 6.92 Å². The molecule has 4 aliphatic rings. The number of rotatable bonds is 7. The van der Waals surface area contributed by atoms with Gasteiger partial charge in [-0.05, 0) is 105 Å². The van der Waals surface area contributed by atoms with E-state index in [4.69, 9.17) is 0 Å². The zero-order valence-corrected chi connectivity index (χ0v) is 22.3. The van der Waals surface area contributed by atoms with E-state index in [0.717, 1.165) is 38.5 Å². The van der Waals surface area contributed by atoms with Crippen molar-refractivity contribution >= 4 is 11.9 Å². The summed E-state index contributed by atoms with van der Waals surface area (Å²) in [4.78, 5) is 23.7. The first-order chi connectivity index (χ1) is 16.8. The van der Waals surface area contributed by atoms with E-state index >= 15 is 0 Å². The molecule has 8 heteroatoms. The van der Waals surface area contributed by atoms with E-state index in [0.29, 0.717) is 18.8 Å². The molecule has 4 fully saturated rings. The first-order valence-corrected chi connectivity index (χ1v) is 14.0. The van der Waals surface area contributed by atoms with Crippen LogP contribution in [0.2, 0.25) is 0 Å². The fraction of sp³-hybridized carbons (Fsp3) is 0.929. The highest BCUT2D eigenvalue weighted by Gasteiger charge is 2.65. The van der Waals surface area contributed by atoms with Gasteiger partial charge in [0, 0.05) is 6.42 Å². The summed E-state index contributed by atoms with van der Waals surface area (Å²) in [6.45, 7) is 7.97. The Hall–Kier alpha value is -1.22. The van der Waals surface area contributed by atoms with Crippen molar-refractivity contribution < 1.29 is 35.1 Å². The van der Waals surface area contributed by atoms with Crippen LogP contribution in [0.3, 0.4) is 0 Å². The highest BCUT2D eigenvalue weighted by molar-refractivity contribution is 5.83. The fourth-order valence-electron chi connectivity index (χ4n) is 9.33. The van der Waals surface area contributed by atoms with Gasteiger partial charge >= 0.3 is 5.97 Å². The van der Waals surface area contributed by atoms with Crippen LogP contribution in [0.5, 0.6) is 0 Å². The molecule has 8 nitrogen and oxygen atoms in total. The highest BCUT2D eigenvalue weighted by Crippen LogP contribution is 2.68. The first kappa shape index (κ1) is 27.8. The molecule has 0 aliphatic heterocycles. The van der Waals surface area contributed by atoms with E-state index in [1.54, 1.807) is 0 Å². The maximum Gasteiger partial charge on any atom is 0.328 e. The van der Waals surface area contributed by atoms with Crippen molar-refractivity contribution in [3.63, 3.8) is 0 Å². The molecule has 6 N–H and O–H groups in total. The zero-order valence-electron chi connectivity index (χ0n) is 22.3. The quantitative estimate of drug-likeness (QED) is 0.309. The van der Waals surface area contributed by atoms with Crippen LogP contribution in [0.1, 0.15) is 85.5 Å². The molecule has 13 unspecified atom stereocenters. The van der Waals surface area contributed by atoms with Gasteiger partial charge < -0.3 is 30.8 Å². The van der Waals surface area contributed by atoms with Crippen LogP contribution in [0.25, 0.3) is 0 Å². The number of nitrogens with one attached hydrogen (secondary N) is 1. The second-order valence-electron chi connectivity index (χ2n) is 13.2. The van der Waals surface area contributed by atoms with Gasteiger partial charge in [-0.3, -0.25) is 4.79 Å².